The Labute approximate surface area is 92.5 Å². The average molecular weight is 204 g/mol. The fourth-order valence-corrected chi connectivity index (χ4v) is 1.89. The smallest absolute Gasteiger partial charge is 0.130 e. The van der Waals surface area contributed by atoms with Crippen LogP contribution in [0.3, 0.4) is 0 Å². The molecule has 1 nitrogen and oxygen atoms in total. The summed E-state index contributed by atoms with van der Waals surface area (Å²) in [4.78, 5) is 11.1. The van der Waals surface area contributed by atoms with Crippen LogP contribution in [0.4, 0.5) is 0 Å². The van der Waals surface area contributed by atoms with Crippen molar-refractivity contribution in [2.24, 2.45) is 5.41 Å². The van der Waals surface area contributed by atoms with Gasteiger partial charge in [0.2, 0.25) is 0 Å². The number of hydrogen-bond acceptors (Lipinski definition) is 1. The molecule has 0 bridgehead atoms. The lowest BCUT2D eigenvalue weighted by molar-refractivity contribution is -0.118. The molecule has 0 spiro atoms. The van der Waals surface area contributed by atoms with Gasteiger partial charge >= 0.3 is 0 Å². The Kier molecular flexibility index (Phi) is 4.07. The summed E-state index contributed by atoms with van der Waals surface area (Å²) in [7, 11) is 0. The Morgan fingerprint density at radius 2 is 1.80 bits per heavy atom. The molecule has 0 saturated carbocycles. The Hall–Kier alpha value is -1.11. The molecule has 0 amide bonds. The van der Waals surface area contributed by atoms with E-state index in [1.54, 1.807) is 6.92 Å². The standard InChI is InChI=1S/C14H20O/c1-12(15)11-14(2,3)10-9-13-7-5-4-6-8-13/h4-8H,9-11H2,1-3H3. The maximum atomic E-state index is 11.1. The maximum absolute atomic E-state index is 11.1. The third-order valence-electron chi connectivity index (χ3n) is 2.66. The van der Waals surface area contributed by atoms with Crippen molar-refractivity contribution in [2.45, 2.75) is 40.0 Å². The molecule has 1 aromatic carbocycles. The van der Waals surface area contributed by atoms with Gasteiger partial charge in [-0.15, -0.1) is 0 Å². The van der Waals surface area contributed by atoms with Crippen LogP contribution in [0.2, 0.25) is 0 Å². The third kappa shape index (κ3) is 4.78. The van der Waals surface area contributed by atoms with Crippen LogP contribution in [0.25, 0.3) is 0 Å². The molecule has 1 aromatic rings. The van der Waals surface area contributed by atoms with Gasteiger partial charge in [-0.05, 0) is 30.7 Å². The van der Waals surface area contributed by atoms with Crippen LogP contribution in [0, 0.1) is 5.41 Å². The first-order valence-corrected chi connectivity index (χ1v) is 5.53. The van der Waals surface area contributed by atoms with E-state index in [9.17, 15) is 4.79 Å². The second-order valence-electron chi connectivity index (χ2n) is 5.03. The van der Waals surface area contributed by atoms with Crippen molar-refractivity contribution in [3.05, 3.63) is 35.9 Å². The van der Waals surface area contributed by atoms with Gasteiger partial charge in [-0.25, -0.2) is 0 Å². The number of benzene rings is 1. The van der Waals surface area contributed by atoms with E-state index in [0.717, 1.165) is 12.8 Å². The Morgan fingerprint density at radius 1 is 1.20 bits per heavy atom. The van der Waals surface area contributed by atoms with Gasteiger partial charge < -0.3 is 4.79 Å². The summed E-state index contributed by atoms with van der Waals surface area (Å²) in [5.41, 5.74) is 1.48. The lowest BCUT2D eigenvalue weighted by Crippen LogP contribution is -2.16. The zero-order valence-electron chi connectivity index (χ0n) is 9.92. The van der Waals surface area contributed by atoms with Crippen LogP contribution >= 0.6 is 0 Å². The zero-order valence-corrected chi connectivity index (χ0v) is 9.92. The molecule has 15 heavy (non-hydrogen) atoms. The van der Waals surface area contributed by atoms with E-state index in [1.165, 1.54) is 5.56 Å². The van der Waals surface area contributed by atoms with Crippen molar-refractivity contribution in [3.8, 4) is 0 Å². The summed E-state index contributed by atoms with van der Waals surface area (Å²) < 4.78 is 0. The molecule has 0 unspecified atom stereocenters. The van der Waals surface area contributed by atoms with Gasteiger partial charge in [-0.2, -0.15) is 0 Å². The highest BCUT2D eigenvalue weighted by molar-refractivity contribution is 5.76. The first-order chi connectivity index (χ1) is 6.99. The van der Waals surface area contributed by atoms with Crippen molar-refractivity contribution in [2.75, 3.05) is 0 Å². The predicted octanol–water partition coefficient (Wildman–Crippen LogP) is 3.62. The maximum Gasteiger partial charge on any atom is 0.130 e. The van der Waals surface area contributed by atoms with Crippen molar-refractivity contribution >= 4 is 5.78 Å². The Morgan fingerprint density at radius 3 is 2.33 bits per heavy atom. The highest BCUT2D eigenvalue weighted by Gasteiger charge is 2.19. The predicted molar refractivity (Wildman–Crippen MR) is 63.8 cm³/mol. The summed E-state index contributed by atoms with van der Waals surface area (Å²) in [6.45, 7) is 6.00. The molecule has 0 aliphatic carbocycles. The molecule has 1 rings (SSSR count). The molecule has 0 N–H and O–H groups in total. The summed E-state index contributed by atoms with van der Waals surface area (Å²) >= 11 is 0. The van der Waals surface area contributed by atoms with Gasteiger partial charge in [0.05, 0.1) is 0 Å². The first-order valence-electron chi connectivity index (χ1n) is 5.53. The molecular weight excluding hydrogens is 184 g/mol. The number of carbonyl (C=O) groups is 1. The second-order valence-corrected chi connectivity index (χ2v) is 5.03. The molecule has 0 heterocycles. The Balaban J connectivity index is 2.46. The normalized spacial score (nSPS) is 11.4. The topological polar surface area (TPSA) is 17.1 Å². The van der Waals surface area contributed by atoms with Gasteiger partial charge in [0.25, 0.3) is 0 Å². The van der Waals surface area contributed by atoms with Crippen LogP contribution in [0.1, 0.15) is 39.2 Å². The summed E-state index contributed by atoms with van der Waals surface area (Å²) in [6.07, 6.45) is 2.80. The van der Waals surface area contributed by atoms with Crippen molar-refractivity contribution < 1.29 is 4.79 Å². The molecule has 0 saturated heterocycles. The number of hydrogen-bond donors (Lipinski definition) is 0. The Bertz CT molecular complexity index is 311. The molecule has 0 fully saturated rings. The van der Waals surface area contributed by atoms with Crippen LogP contribution in [-0.4, -0.2) is 5.78 Å². The van der Waals surface area contributed by atoms with Crippen molar-refractivity contribution in [3.63, 3.8) is 0 Å². The molecular formula is C14H20O. The number of rotatable bonds is 5. The number of aryl methyl sites for hydroxylation is 1. The first kappa shape index (κ1) is 12.0. The molecule has 0 aromatic heterocycles. The summed E-state index contributed by atoms with van der Waals surface area (Å²) in [5.74, 6) is 0.285. The number of carbonyl (C=O) groups excluding carboxylic acids is 1. The van der Waals surface area contributed by atoms with E-state index < -0.39 is 0 Å². The van der Waals surface area contributed by atoms with Gasteiger partial charge in [0, 0.05) is 6.42 Å². The quantitative estimate of drug-likeness (QED) is 0.716. The van der Waals surface area contributed by atoms with E-state index >= 15 is 0 Å². The van der Waals surface area contributed by atoms with Gasteiger partial charge in [0.1, 0.15) is 5.78 Å². The minimum Gasteiger partial charge on any atom is -0.300 e. The van der Waals surface area contributed by atoms with Crippen molar-refractivity contribution in [1.29, 1.82) is 0 Å². The average Bonchev–Trinajstić information content (AvgIpc) is 2.15. The molecule has 0 radical (unpaired) electrons. The number of ketones is 1. The van der Waals surface area contributed by atoms with E-state index in [4.69, 9.17) is 0 Å². The number of Topliss-reactive ketones (excluding diaryl/α,β-unsaturated/α-hetero) is 1. The van der Waals surface area contributed by atoms with E-state index in [-0.39, 0.29) is 11.2 Å². The lowest BCUT2D eigenvalue weighted by atomic mass is 9.82. The lowest BCUT2D eigenvalue weighted by Gasteiger charge is -2.22. The summed E-state index contributed by atoms with van der Waals surface area (Å²) in [6, 6.07) is 10.4. The molecule has 0 aliphatic rings. The highest BCUT2D eigenvalue weighted by atomic mass is 16.1. The second kappa shape index (κ2) is 5.11. The van der Waals surface area contributed by atoms with E-state index in [0.29, 0.717) is 6.42 Å². The fraction of sp³-hybridized carbons (Fsp3) is 0.500. The van der Waals surface area contributed by atoms with Crippen molar-refractivity contribution in [1.82, 2.24) is 0 Å². The van der Waals surface area contributed by atoms with E-state index in [1.807, 2.05) is 6.07 Å². The minimum atomic E-state index is 0.127. The fourth-order valence-electron chi connectivity index (χ4n) is 1.89. The molecule has 0 atom stereocenters. The van der Waals surface area contributed by atoms with Gasteiger partial charge in [0.15, 0.2) is 0 Å². The minimum absolute atomic E-state index is 0.127. The van der Waals surface area contributed by atoms with Gasteiger partial charge in [-0.1, -0.05) is 44.2 Å². The third-order valence-corrected chi connectivity index (χ3v) is 2.66. The monoisotopic (exact) mass is 204 g/mol. The van der Waals surface area contributed by atoms with Crippen LogP contribution < -0.4 is 0 Å². The van der Waals surface area contributed by atoms with Crippen LogP contribution in [0.15, 0.2) is 30.3 Å². The SMILES string of the molecule is CC(=O)CC(C)(C)CCc1ccccc1. The largest absolute Gasteiger partial charge is 0.300 e. The molecule has 0 aliphatic heterocycles. The van der Waals surface area contributed by atoms with Gasteiger partial charge in [-0.3, -0.25) is 0 Å². The molecule has 82 valence electrons. The van der Waals surface area contributed by atoms with E-state index in [2.05, 4.69) is 38.1 Å². The van der Waals surface area contributed by atoms with Crippen LogP contribution in [-0.2, 0) is 11.2 Å². The highest BCUT2D eigenvalue weighted by Crippen LogP contribution is 2.27. The zero-order chi connectivity index (χ0) is 11.3. The van der Waals surface area contributed by atoms with Crippen LogP contribution in [0.5, 0.6) is 0 Å². The summed E-state index contributed by atoms with van der Waals surface area (Å²) in [5, 5.41) is 0. The molecule has 1 heteroatoms.